The Morgan fingerprint density at radius 2 is 1.81 bits per heavy atom. The van der Waals surface area contributed by atoms with Crippen molar-refractivity contribution >= 4 is 27.6 Å². The number of imidazole rings is 1. The molecule has 0 unspecified atom stereocenters. The van der Waals surface area contributed by atoms with Gasteiger partial charge in [0.1, 0.15) is 16.1 Å². The summed E-state index contributed by atoms with van der Waals surface area (Å²) in [5.74, 6) is 0.439. The molecule has 0 spiro atoms. The molecule has 188 valence electrons. The molecular weight excluding hydrogens is 486 g/mol. The number of carbonyl (C=O) groups is 1. The predicted octanol–water partition coefficient (Wildman–Crippen LogP) is 5.74. The lowest BCUT2D eigenvalue weighted by molar-refractivity contribution is 0.0523. The summed E-state index contributed by atoms with van der Waals surface area (Å²) in [4.78, 5) is 39.0. The van der Waals surface area contributed by atoms with E-state index in [-0.39, 0.29) is 5.56 Å². The molecule has 2 N–H and O–H groups in total. The molecule has 9 heteroatoms. The highest BCUT2D eigenvalue weighted by Crippen LogP contribution is 2.43. The number of aryl methyl sites for hydroxylation is 1. The number of H-pyrrole nitrogens is 1. The van der Waals surface area contributed by atoms with Crippen molar-refractivity contribution in [1.82, 2.24) is 24.8 Å². The third kappa shape index (κ3) is 5.31. The molecule has 8 nitrogen and oxygen atoms in total. The highest BCUT2D eigenvalue weighted by molar-refractivity contribution is 7.22. The molecule has 1 amide bonds. The number of alkyl carbamates (subject to hydrolysis) is 1. The minimum atomic E-state index is -0.550. The number of aromatic nitrogens is 4. The lowest BCUT2D eigenvalue weighted by Gasteiger charge is -2.19. The molecule has 0 radical (unpaired) electrons. The third-order valence-electron chi connectivity index (χ3n) is 5.62. The van der Waals surface area contributed by atoms with Gasteiger partial charge < -0.3 is 19.6 Å². The Morgan fingerprint density at radius 1 is 1.08 bits per heavy atom. The van der Waals surface area contributed by atoms with Crippen molar-refractivity contribution in [1.29, 1.82) is 0 Å². The van der Waals surface area contributed by atoms with Crippen LogP contribution in [0.4, 0.5) is 4.79 Å². The number of benzene rings is 2. The first-order valence-electron chi connectivity index (χ1n) is 11.8. The van der Waals surface area contributed by atoms with E-state index in [4.69, 9.17) is 9.72 Å². The van der Waals surface area contributed by atoms with Crippen molar-refractivity contribution in [3.63, 3.8) is 0 Å². The maximum Gasteiger partial charge on any atom is 0.407 e. The Labute approximate surface area is 218 Å². The minimum absolute atomic E-state index is 0.204. The largest absolute Gasteiger partial charge is 0.444 e. The van der Waals surface area contributed by atoms with Gasteiger partial charge in [0.05, 0.1) is 11.7 Å². The van der Waals surface area contributed by atoms with Gasteiger partial charge >= 0.3 is 6.09 Å². The van der Waals surface area contributed by atoms with Crippen LogP contribution in [0.2, 0.25) is 0 Å². The Hall–Kier alpha value is -4.24. The van der Waals surface area contributed by atoms with Crippen LogP contribution in [0, 0.1) is 0 Å². The van der Waals surface area contributed by atoms with Crippen LogP contribution in [0.5, 0.6) is 0 Å². The van der Waals surface area contributed by atoms with Crippen molar-refractivity contribution < 1.29 is 9.53 Å². The Kier molecular flexibility index (Phi) is 6.39. The van der Waals surface area contributed by atoms with Gasteiger partial charge in [-0.15, -0.1) is 11.3 Å². The average Bonchev–Trinajstić information content (AvgIpc) is 3.47. The van der Waals surface area contributed by atoms with E-state index in [0.29, 0.717) is 28.3 Å². The van der Waals surface area contributed by atoms with Gasteiger partial charge in [-0.25, -0.2) is 14.8 Å². The summed E-state index contributed by atoms with van der Waals surface area (Å²) < 4.78 is 7.12. The van der Waals surface area contributed by atoms with Gasteiger partial charge in [-0.1, -0.05) is 54.6 Å². The first-order chi connectivity index (χ1) is 17.7. The predicted molar refractivity (Wildman–Crippen MR) is 146 cm³/mol. The molecule has 37 heavy (non-hydrogen) atoms. The number of nitrogens with zero attached hydrogens (tertiary/aromatic N) is 3. The van der Waals surface area contributed by atoms with E-state index < -0.39 is 11.7 Å². The van der Waals surface area contributed by atoms with Crippen LogP contribution in [0.15, 0.2) is 71.9 Å². The number of nitrogens with one attached hydrogen (secondary N) is 2. The molecule has 2 aromatic carbocycles. The monoisotopic (exact) mass is 513 g/mol. The highest BCUT2D eigenvalue weighted by atomic mass is 32.1. The quantitative estimate of drug-likeness (QED) is 0.312. The van der Waals surface area contributed by atoms with Gasteiger partial charge in [0.15, 0.2) is 5.82 Å². The van der Waals surface area contributed by atoms with Crippen LogP contribution in [-0.4, -0.2) is 31.2 Å². The number of hydrogen-bond acceptors (Lipinski definition) is 6. The number of hydrogen-bond donors (Lipinski definition) is 2. The Bertz CT molecular complexity index is 1630. The zero-order chi connectivity index (χ0) is 26.2. The molecule has 0 saturated heterocycles. The molecule has 5 aromatic rings. The zero-order valence-corrected chi connectivity index (χ0v) is 21.8. The SMILES string of the molecule is Cn1cnc(-c2nc3sc(-c4ccc(CNC(=O)OC(C)(C)C)cc4)c(-c4ccccc4)c3c(=O)[nH]2)c1. The lowest BCUT2D eigenvalue weighted by atomic mass is 9.99. The van der Waals surface area contributed by atoms with Crippen LogP contribution in [0.25, 0.3) is 43.3 Å². The summed E-state index contributed by atoms with van der Waals surface area (Å²) in [6.07, 6.45) is 3.04. The van der Waals surface area contributed by atoms with E-state index in [1.165, 1.54) is 11.3 Å². The summed E-state index contributed by atoms with van der Waals surface area (Å²) in [6.45, 7) is 5.84. The maximum absolute atomic E-state index is 13.3. The van der Waals surface area contributed by atoms with E-state index in [1.807, 2.05) is 93.2 Å². The second-order valence-corrected chi connectivity index (χ2v) is 10.7. The first-order valence-corrected chi connectivity index (χ1v) is 12.7. The summed E-state index contributed by atoms with van der Waals surface area (Å²) in [5.41, 5.74) is 3.54. The van der Waals surface area contributed by atoms with Gasteiger partial charge in [-0.3, -0.25) is 4.79 Å². The van der Waals surface area contributed by atoms with Gasteiger partial charge in [0.25, 0.3) is 5.56 Å². The third-order valence-corrected chi connectivity index (χ3v) is 6.76. The molecule has 0 fully saturated rings. The van der Waals surface area contributed by atoms with Crippen molar-refractivity contribution in [3.8, 4) is 33.1 Å². The smallest absolute Gasteiger partial charge is 0.407 e. The van der Waals surface area contributed by atoms with Crippen molar-refractivity contribution in [2.75, 3.05) is 0 Å². The molecule has 3 aromatic heterocycles. The Morgan fingerprint density at radius 3 is 2.46 bits per heavy atom. The van der Waals surface area contributed by atoms with Gasteiger partial charge in [0.2, 0.25) is 0 Å². The fourth-order valence-electron chi connectivity index (χ4n) is 4.01. The van der Waals surface area contributed by atoms with Gasteiger partial charge in [-0.2, -0.15) is 0 Å². The molecule has 0 aliphatic carbocycles. The van der Waals surface area contributed by atoms with E-state index in [1.54, 1.807) is 6.33 Å². The van der Waals surface area contributed by atoms with Crippen molar-refractivity contribution in [2.45, 2.75) is 32.9 Å². The molecule has 0 saturated carbocycles. The number of amides is 1. The number of carbonyl (C=O) groups excluding carboxylic acids is 1. The Balaban J connectivity index is 1.54. The van der Waals surface area contributed by atoms with Crippen LogP contribution < -0.4 is 10.9 Å². The number of ether oxygens (including phenoxy) is 1. The van der Waals surface area contributed by atoms with Crippen LogP contribution in [-0.2, 0) is 18.3 Å². The fourth-order valence-corrected chi connectivity index (χ4v) is 5.21. The zero-order valence-electron chi connectivity index (χ0n) is 21.0. The van der Waals surface area contributed by atoms with Crippen LogP contribution >= 0.6 is 11.3 Å². The topological polar surface area (TPSA) is 102 Å². The van der Waals surface area contributed by atoms with Crippen molar-refractivity contribution in [2.24, 2.45) is 7.05 Å². The molecule has 0 atom stereocenters. The lowest BCUT2D eigenvalue weighted by Crippen LogP contribution is -2.32. The average molecular weight is 514 g/mol. The standard InChI is InChI=1S/C28H27N5O3S/c1-28(2,3)36-27(35)29-14-17-10-12-19(13-11-17)23-21(18-8-6-5-7-9-18)22-25(34)31-24(32-26(22)37-23)20-15-33(4)16-30-20/h5-13,15-16H,14H2,1-4H3,(H,29,35)(H,31,32,34). The highest BCUT2D eigenvalue weighted by Gasteiger charge is 2.21. The summed E-state index contributed by atoms with van der Waals surface area (Å²) in [5, 5.41) is 3.34. The fraction of sp³-hybridized carbons (Fsp3) is 0.214. The normalized spacial score (nSPS) is 11.6. The molecule has 0 aliphatic rings. The van der Waals surface area contributed by atoms with Crippen molar-refractivity contribution in [3.05, 3.63) is 83.0 Å². The van der Waals surface area contributed by atoms with Gasteiger partial charge in [0, 0.05) is 30.2 Å². The maximum atomic E-state index is 13.3. The van der Waals surface area contributed by atoms with E-state index in [9.17, 15) is 9.59 Å². The molecule has 3 heterocycles. The number of aromatic amines is 1. The molecular formula is C28H27N5O3S. The molecule has 5 rings (SSSR count). The minimum Gasteiger partial charge on any atom is -0.444 e. The first kappa shape index (κ1) is 24.5. The number of fused-ring (bicyclic) bond motifs is 1. The second-order valence-electron chi connectivity index (χ2n) is 9.74. The van der Waals surface area contributed by atoms with E-state index >= 15 is 0 Å². The van der Waals surface area contributed by atoms with Gasteiger partial charge in [-0.05, 0) is 37.5 Å². The number of thiophene rings is 1. The van der Waals surface area contributed by atoms with Crippen LogP contribution in [0.1, 0.15) is 26.3 Å². The molecule has 0 bridgehead atoms. The second kappa shape index (κ2) is 9.67. The molecule has 0 aliphatic heterocycles. The van der Waals surface area contributed by atoms with E-state index in [2.05, 4.69) is 15.3 Å². The number of rotatable bonds is 5. The van der Waals surface area contributed by atoms with E-state index in [0.717, 1.165) is 27.1 Å². The van der Waals surface area contributed by atoms with Crippen LogP contribution in [0.3, 0.4) is 0 Å². The summed E-state index contributed by atoms with van der Waals surface area (Å²) in [7, 11) is 1.87. The summed E-state index contributed by atoms with van der Waals surface area (Å²) >= 11 is 1.48. The summed E-state index contributed by atoms with van der Waals surface area (Å²) in [6, 6.07) is 17.8.